The Morgan fingerprint density at radius 2 is 2.00 bits per heavy atom. The standard InChI is InChI=1S/C15H14F3NO4/c1-2-10(8-4-3-5-9(6-8)15(16,17)18)14(22)23-11-7-12(20)19-13(11)21/h3-7,10,19-21H,2H2,1H3. The quantitative estimate of drug-likeness (QED) is 0.749. The number of halogens is 3. The smallest absolute Gasteiger partial charge is 0.416 e. The van der Waals surface area contributed by atoms with Crippen LogP contribution in [0.3, 0.4) is 0 Å². The fourth-order valence-corrected chi connectivity index (χ4v) is 2.14. The lowest BCUT2D eigenvalue weighted by atomic mass is 9.95. The lowest BCUT2D eigenvalue weighted by molar-refractivity contribution is -0.139. The maximum atomic E-state index is 12.8. The van der Waals surface area contributed by atoms with Crippen LogP contribution in [0.15, 0.2) is 30.3 Å². The molecule has 1 aromatic heterocycles. The molecule has 3 N–H and O–H groups in total. The summed E-state index contributed by atoms with van der Waals surface area (Å²) >= 11 is 0. The van der Waals surface area contributed by atoms with Crippen molar-refractivity contribution in [1.82, 2.24) is 4.98 Å². The number of rotatable bonds is 4. The fraction of sp³-hybridized carbons (Fsp3) is 0.267. The Morgan fingerprint density at radius 1 is 1.30 bits per heavy atom. The molecule has 1 heterocycles. The van der Waals surface area contributed by atoms with Crippen molar-refractivity contribution in [2.45, 2.75) is 25.4 Å². The van der Waals surface area contributed by atoms with Crippen molar-refractivity contribution >= 4 is 5.97 Å². The summed E-state index contributed by atoms with van der Waals surface area (Å²) in [5.41, 5.74) is -0.699. The zero-order valence-corrected chi connectivity index (χ0v) is 12.0. The molecule has 0 aliphatic rings. The molecule has 2 aromatic rings. The third-order valence-electron chi connectivity index (χ3n) is 3.27. The van der Waals surface area contributed by atoms with E-state index < -0.39 is 35.4 Å². The molecular weight excluding hydrogens is 315 g/mol. The van der Waals surface area contributed by atoms with Gasteiger partial charge in [0.15, 0.2) is 11.6 Å². The van der Waals surface area contributed by atoms with Crippen LogP contribution >= 0.6 is 0 Å². The van der Waals surface area contributed by atoms with Crippen LogP contribution in [-0.4, -0.2) is 21.2 Å². The van der Waals surface area contributed by atoms with E-state index in [1.54, 1.807) is 6.92 Å². The van der Waals surface area contributed by atoms with Crippen molar-refractivity contribution in [3.63, 3.8) is 0 Å². The summed E-state index contributed by atoms with van der Waals surface area (Å²) in [6.07, 6.45) is -4.31. The Kier molecular flexibility index (Phi) is 4.53. The number of ether oxygens (including phenoxy) is 1. The minimum atomic E-state index is -4.51. The van der Waals surface area contributed by atoms with Crippen LogP contribution in [0, 0.1) is 0 Å². The lowest BCUT2D eigenvalue weighted by Gasteiger charge is -2.15. The average Bonchev–Trinajstić information content (AvgIpc) is 2.77. The predicted molar refractivity (Wildman–Crippen MR) is 74.2 cm³/mol. The summed E-state index contributed by atoms with van der Waals surface area (Å²) in [6, 6.07) is 5.42. The minimum absolute atomic E-state index is 0.159. The van der Waals surface area contributed by atoms with Crippen molar-refractivity contribution in [3.05, 3.63) is 41.5 Å². The number of benzene rings is 1. The van der Waals surface area contributed by atoms with E-state index in [9.17, 15) is 23.1 Å². The number of esters is 1. The molecule has 1 atom stereocenters. The summed E-state index contributed by atoms with van der Waals surface area (Å²) < 4.78 is 43.2. The number of aromatic amines is 1. The van der Waals surface area contributed by atoms with Crippen molar-refractivity contribution in [3.8, 4) is 17.5 Å². The Bertz CT molecular complexity index is 709. The first-order valence-electron chi connectivity index (χ1n) is 6.72. The SMILES string of the molecule is CCC(C(=O)Oc1cc(O)[nH]c1O)c1cccc(C(F)(F)F)c1. The molecule has 0 saturated heterocycles. The van der Waals surface area contributed by atoms with E-state index >= 15 is 0 Å². The number of aromatic hydroxyl groups is 2. The second-order valence-corrected chi connectivity index (χ2v) is 4.87. The van der Waals surface area contributed by atoms with Crippen LogP contribution in [0.1, 0.15) is 30.4 Å². The van der Waals surface area contributed by atoms with Crippen molar-refractivity contribution < 1.29 is 32.9 Å². The van der Waals surface area contributed by atoms with E-state index in [4.69, 9.17) is 9.84 Å². The molecule has 8 heteroatoms. The number of nitrogens with one attached hydrogen (secondary N) is 1. The molecule has 0 aliphatic carbocycles. The Labute approximate surface area is 129 Å². The van der Waals surface area contributed by atoms with Gasteiger partial charge in [0.25, 0.3) is 0 Å². The molecule has 1 aromatic carbocycles. The average molecular weight is 329 g/mol. The van der Waals surface area contributed by atoms with E-state index in [0.29, 0.717) is 0 Å². The second kappa shape index (κ2) is 6.23. The van der Waals surface area contributed by atoms with Crippen LogP contribution in [-0.2, 0) is 11.0 Å². The molecule has 0 spiro atoms. The van der Waals surface area contributed by atoms with E-state index in [1.807, 2.05) is 0 Å². The van der Waals surface area contributed by atoms with Gasteiger partial charge in [-0.25, -0.2) is 0 Å². The van der Waals surface area contributed by atoms with Gasteiger partial charge in [-0.15, -0.1) is 0 Å². The summed E-state index contributed by atoms with van der Waals surface area (Å²) in [4.78, 5) is 14.3. The molecule has 23 heavy (non-hydrogen) atoms. The number of aromatic nitrogens is 1. The van der Waals surface area contributed by atoms with Gasteiger partial charge in [-0.2, -0.15) is 13.2 Å². The van der Waals surface area contributed by atoms with E-state index in [-0.39, 0.29) is 17.7 Å². The number of hydrogen-bond donors (Lipinski definition) is 3. The lowest BCUT2D eigenvalue weighted by Crippen LogP contribution is -2.19. The molecule has 0 bridgehead atoms. The molecule has 0 aliphatic heterocycles. The number of carbonyl (C=O) groups excluding carboxylic acids is 1. The second-order valence-electron chi connectivity index (χ2n) is 4.87. The van der Waals surface area contributed by atoms with E-state index in [2.05, 4.69) is 4.98 Å². The number of carbonyl (C=O) groups is 1. The van der Waals surface area contributed by atoms with Gasteiger partial charge in [-0.05, 0) is 18.1 Å². The topological polar surface area (TPSA) is 82.5 Å². The molecule has 124 valence electrons. The monoisotopic (exact) mass is 329 g/mol. The van der Waals surface area contributed by atoms with Gasteiger partial charge in [-0.3, -0.25) is 9.78 Å². The van der Waals surface area contributed by atoms with Gasteiger partial charge in [0, 0.05) is 6.07 Å². The largest absolute Gasteiger partial charge is 0.494 e. The number of H-pyrrole nitrogens is 1. The molecule has 5 nitrogen and oxygen atoms in total. The molecule has 0 amide bonds. The third-order valence-corrected chi connectivity index (χ3v) is 3.27. The first-order chi connectivity index (χ1) is 10.7. The molecule has 2 rings (SSSR count). The highest BCUT2D eigenvalue weighted by atomic mass is 19.4. The summed E-state index contributed by atoms with van der Waals surface area (Å²) in [5, 5.41) is 18.6. The van der Waals surface area contributed by atoms with Crippen LogP contribution in [0.5, 0.6) is 17.5 Å². The van der Waals surface area contributed by atoms with Gasteiger partial charge in [0.2, 0.25) is 5.88 Å². The van der Waals surface area contributed by atoms with Crippen LogP contribution in [0.2, 0.25) is 0 Å². The van der Waals surface area contributed by atoms with Gasteiger partial charge in [0.05, 0.1) is 11.5 Å². The summed E-state index contributed by atoms with van der Waals surface area (Å²) in [5.74, 6) is -3.01. The highest BCUT2D eigenvalue weighted by molar-refractivity contribution is 5.81. The van der Waals surface area contributed by atoms with E-state index in [0.717, 1.165) is 18.2 Å². The molecule has 0 saturated carbocycles. The predicted octanol–water partition coefficient (Wildman–Crippen LogP) is 3.54. The molecule has 0 fully saturated rings. The first-order valence-corrected chi connectivity index (χ1v) is 6.72. The van der Waals surface area contributed by atoms with Crippen molar-refractivity contribution in [2.75, 3.05) is 0 Å². The van der Waals surface area contributed by atoms with Gasteiger partial charge >= 0.3 is 12.1 Å². The zero-order chi connectivity index (χ0) is 17.2. The number of hydrogen-bond acceptors (Lipinski definition) is 4. The van der Waals surface area contributed by atoms with Crippen molar-refractivity contribution in [1.29, 1.82) is 0 Å². The molecule has 0 radical (unpaired) electrons. The van der Waals surface area contributed by atoms with Gasteiger partial charge < -0.3 is 14.9 Å². The van der Waals surface area contributed by atoms with Crippen LogP contribution in [0.4, 0.5) is 13.2 Å². The van der Waals surface area contributed by atoms with Crippen molar-refractivity contribution in [2.24, 2.45) is 0 Å². The molecular formula is C15H14F3NO4. The zero-order valence-electron chi connectivity index (χ0n) is 12.0. The minimum Gasteiger partial charge on any atom is -0.494 e. The van der Waals surface area contributed by atoms with E-state index in [1.165, 1.54) is 12.1 Å². The number of alkyl halides is 3. The third kappa shape index (κ3) is 3.77. The van der Waals surface area contributed by atoms with Crippen LogP contribution < -0.4 is 4.74 Å². The van der Waals surface area contributed by atoms with Gasteiger partial charge in [0.1, 0.15) is 0 Å². The molecule has 1 unspecified atom stereocenters. The maximum Gasteiger partial charge on any atom is 0.416 e. The fourth-order valence-electron chi connectivity index (χ4n) is 2.14. The Balaban J connectivity index is 2.25. The van der Waals surface area contributed by atoms with Gasteiger partial charge in [-0.1, -0.05) is 25.1 Å². The Morgan fingerprint density at radius 3 is 2.52 bits per heavy atom. The first kappa shape index (κ1) is 16.7. The normalized spacial score (nSPS) is 12.9. The Hall–Kier alpha value is -2.64. The summed E-state index contributed by atoms with van der Waals surface area (Å²) in [7, 11) is 0. The highest BCUT2D eigenvalue weighted by Crippen LogP contribution is 2.34. The summed E-state index contributed by atoms with van der Waals surface area (Å²) in [6.45, 7) is 1.63. The van der Waals surface area contributed by atoms with Crippen LogP contribution in [0.25, 0.3) is 0 Å². The highest BCUT2D eigenvalue weighted by Gasteiger charge is 2.32. The maximum absolute atomic E-state index is 12.8.